The van der Waals surface area contributed by atoms with Crippen LogP contribution in [0.5, 0.6) is 0 Å². The van der Waals surface area contributed by atoms with Crippen LogP contribution < -0.4 is 0 Å². The van der Waals surface area contributed by atoms with Crippen LogP contribution in [0.15, 0.2) is 47.1 Å². The van der Waals surface area contributed by atoms with Crippen molar-refractivity contribution < 1.29 is 9.53 Å². The number of carbonyl (C=O) groups excluding carboxylic acids is 1. The van der Waals surface area contributed by atoms with Crippen molar-refractivity contribution in [2.45, 2.75) is 12.3 Å². The highest BCUT2D eigenvalue weighted by Crippen LogP contribution is 2.45. The van der Waals surface area contributed by atoms with Crippen molar-refractivity contribution in [1.29, 1.82) is 0 Å². The van der Waals surface area contributed by atoms with Gasteiger partial charge in [0.25, 0.3) is 5.91 Å². The fourth-order valence-electron chi connectivity index (χ4n) is 4.94. The summed E-state index contributed by atoms with van der Waals surface area (Å²) in [5, 5.41) is 4.71. The number of piperazine rings is 1. The number of benzene rings is 1. The lowest BCUT2D eigenvalue weighted by atomic mass is 9.95. The summed E-state index contributed by atoms with van der Waals surface area (Å²) in [5.41, 5.74) is 1.74. The molecule has 3 aliphatic heterocycles. The molecule has 1 unspecified atom stereocenters. The van der Waals surface area contributed by atoms with E-state index in [4.69, 9.17) is 14.8 Å². The number of aromatic nitrogens is 4. The van der Waals surface area contributed by atoms with Gasteiger partial charge < -0.3 is 14.5 Å². The zero-order valence-electron chi connectivity index (χ0n) is 18.3. The van der Waals surface area contributed by atoms with Gasteiger partial charge in [-0.2, -0.15) is 0 Å². The lowest BCUT2D eigenvalue weighted by Gasteiger charge is -2.36. The summed E-state index contributed by atoms with van der Waals surface area (Å²) in [7, 11) is 2.07. The molecule has 1 amide bonds. The summed E-state index contributed by atoms with van der Waals surface area (Å²) >= 11 is 3.63. The van der Waals surface area contributed by atoms with Crippen molar-refractivity contribution in [3.05, 3.63) is 70.0 Å². The molecule has 2 saturated heterocycles. The molecule has 2 fully saturated rings. The number of amides is 1. The minimum atomic E-state index is -0.843. The van der Waals surface area contributed by atoms with E-state index in [2.05, 4.69) is 43.8 Å². The first kappa shape index (κ1) is 20.9. The fourth-order valence-corrected chi connectivity index (χ4v) is 5.31. The third kappa shape index (κ3) is 3.31. The van der Waals surface area contributed by atoms with Gasteiger partial charge in [-0.05, 0) is 37.4 Å². The van der Waals surface area contributed by atoms with E-state index in [0.29, 0.717) is 26.2 Å². The highest BCUT2D eigenvalue weighted by molar-refractivity contribution is 9.10. The number of likely N-dealkylation sites (N-methyl/N-ethyl adjacent to an activating group) is 1. The largest absolute Gasteiger partial charge is 0.349 e. The highest BCUT2D eigenvalue weighted by Gasteiger charge is 2.51. The van der Waals surface area contributed by atoms with E-state index in [9.17, 15) is 4.79 Å². The molecule has 9 nitrogen and oxygen atoms in total. The third-order valence-corrected chi connectivity index (χ3v) is 7.16. The number of hydrogen-bond acceptors (Lipinski definition) is 7. The molecule has 1 aromatic carbocycles. The summed E-state index contributed by atoms with van der Waals surface area (Å²) in [6, 6.07) is 11.9. The van der Waals surface area contributed by atoms with Crippen molar-refractivity contribution in [2.75, 3.05) is 46.4 Å². The standard InChI is InChI=1S/C23H24BrN7O2/c1-28-8-10-29(11-9-28)22(32)21-26-20-15-30-12-13-33-23(30,19-4-2-3-7-25-19)17-14-16(24)5-6-18(17)31(20)27-21/h2-7,14H,8-13,15H2,1H3. The highest BCUT2D eigenvalue weighted by atomic mass is 79.9. The predicted octanol–water partition coefficient (Wildman–Crippen LogP) is 1.86. The van der Waals surface area contributed by atoms with Gasteiger partial charge >= 0.3 is 0 Å². The van der Waals surface area contributed by atoms with E-state index in [1.165, 1.54) is 0 Å². The van der Waals surface area contributed by atoms with Crippen LogP contribution in [-0.4, -0.2) is 86.7 Å². The van der Waals surface area contributed by atoms with Gasteiger partial charge in [0.05, 0.1) is 24.5 Å². The van der Waals surface area contributed by atoms with Gasteiger partial charge in [0, 0.05) is 49.0 Å². The lowest BCUT2D eigenvalue weighted by Crippen LogP contribution is -2.47. The molecule has 0 bridgehead atoms. The topological polar surface area (TPSA) is 79.6 Å². The molecule has 0 saturated carbocycles. The Morgan fingerprint density at radius 1 is 1.12 bits per heavy atom. The van der Waals surface area contributed by atoms with Gasteiger partial charge in [-0.25, -0.2) is 9.67 Å². The number of halogens is 1. The Labute approximate surface area is 200 Å². The fraction of sp³-hybridized carbons (Fsp3) is 0.391. The summed E-state index contributed by atoms with van der Waals surface area (Å²) in [4.78, 5) is 28.9. The van der Waals surface area contributed by atoms with Gasteiger partial charge in [-0.1, -0.05) is 22.0 Å². The smallest absolute Gasteiger partial charge is 0.293 e. The van der Waals surface area contributed by atoms with Crippen molar-refractivity contribution in [1.82, 2.24) is 34.4 Å². The summed E-state index contributed by atoms with van der Waals surface area (Å²) in [6.45, 7) is 4.87. The SMILES string of the molecule is CN1CCN(C(=O)c2nc3n(n2)-c2ccc(Br)cc2C2(c4ccccn4)OCCN2C3)CC1. The zero-order valence-corrected chi connectivity index (χ0v) is 19.9. The van der Waals surface area contributed by atoms with Crippen molar-refractivity contribution in [2.24, 2.45) is 0 Å². The molecule has 10 heteroatoms. The first-order valence-electron chi connectivity index (χ1n) is 11.1. The van der Waals surface area contributed by atoms with Crippen LogP contribution in [0.1, 0.15) is 27.7 Å². The van der Waals surface area contributed by atoms with Gasteiger partial charge in [0.2, 0.25) is 5.82 Å². The maximum atomic E-state index is 13.2. The van der Waals surface area contributed by atoms with Crippen LogP contribution >= 0.6 is 15.9 Å². The summed E-state index contributed by atoms with van der Waals surface area (Å²) in [5.74, 6) is 0.851. The Hall–Kier alpha value is -2.66. The molecule has 2 aromatic heterocycles. The third-order valence-electron chi connectivity index (χ3n) is 6.67. The lowest BCUT2D eigenvalue weighted by molar-refractivity contribution is -0.0585. The second kappa shape index (κ2) is 7.98. The van der Waals surface area contributed by atoms with Crippen LogP contribution in [0.2, 0.25) is 0 Å². The number of ether oxygens (including phenoxy) is 1. The molecule has 0 aliphatic carbocycles. The maximum Gasteiger partial charge on any atom is 0.293 e. The zero-order chi connectivity index (χ0) is 22.6. The van der Waals surface area contributed by atoms with E-state index in [1.54, 1.807) is 10.9 Å². The van der Waals surface area contributed by atoms with E-state index in [0.717, 1.165) is 46.9 Å². The monoisotopic (exact) mass is 509 g/mol. The average Bonchev–Trinajstić information content (AvgIpc) is 3.43. The quantitative estimate of drug-likeness (QED) is 0.521. The van der Waals surface area contributed by atoms with Crippen LogP contribution in [-0.2, 0) is 17.0 Å². The Bertz CT molecular complexity index is 1210. The number of nitrogens with zero attached hydrogens (tertiary/aromatic N) is 7. The summed E-state index contributed by atoms with van der Waals surface area (Å²) in [6.07, 6.45) is 1.79. The molecule has 5 heterocycles. The van der Waals surface area contributed by atoms with Crippen molar-refractivity contribution in [3.63, 3.8) is 0 Å². The Balaban J connectivity index is 1.48. The molecule has 0 radical (unpaired) electrons. The minimum absolute atomic E-state index is 0.115. The van der Waals surface area contributed by atoms with Crippen LogP contribution in [0.25, 0.3) is 5.69 Å². The second-order valence-electron chi connectivity index (χ2n) is 8.65. The minimum Gasteiger partial charge on any atom is -0.349 e. The molecule has 33 heavy (non-hydrogen) atoms. The van der Waals surface area contributed by atoms with E-state index in [1.807, 2.05) is 35.2 Å². The number of fused-ring (bicyclic) bond motifs is 5. The predicted molar refractivity (Wildman–Crippen MR) is 124 cm³/mol. The van der Waals surface area contributed by atoms with Crippen LogP contribution in [0.4, 0.5) is 0 Å². The molecule has 0 spiro atoms. The van der Waals surface area contributed by atoms with Gasteiger partial charge in [-0.15, -0.1) is 5.10 Å². The van der Waals surface area contributed by atoms with Crippen LogP contribution in [0.3, 0.4) is 0 Å². The number of rotatable bonds is 2. The van der Waals surface area contributed by atoms with Crippen LogP contribution in [0, 0.1) is 0 Å². The first-order valence-corrected chi connectivity index (χ1v) is 11.9. The molecular formula is C23H24BrN7O2. The van der Waals surface area contributed by atoms with Gasteiger partial charge in [-0.3, -0.25) is 14.7 Å². The van der Waals surface area contributed by atoms with E-state index >= 15 is 0 Å². The number of pyridine rings is 1. The molecule has 6 rings (SSSR count). The van der Waals surface area contributed by atoms with E-state index < -0.39 is 5.72 Å². The maximum absolute atomic E-state index is 13.2. The van der Waals surface area contributed by atoms with Gasteiger partial charge in [0.1, 0.15) is 5.82 Å². The molecule has 3 aliphatic rings. The van der Waals surface area contributed by atoms with Crippen molar-refractivity contribution >= 4 is 21.8 Å². The molecule has 3 aromatic rings. The normalized spacial score (nSPS) is 23.0. The Morgan fingerprint density at radius 2 is 1.97 bits per heavy atom. The summed E-state index contributed by atoms with van der Waals surface area (Å²) < 4.78 is 9.21. The number of carbonyl (C=O) groups is 1. The van der Waals surface area contributed by atoms with Gasteiger partial charge in [0.15, 0.2) is 5.72 Å². The second-order valence-corrected chi connectivity index (χ2v) is 9.57. The average molecular weight is 510 g/mol. The van der Waals surface area contributed by atoms with E-state index in [-0.39, 0.29) is 11.7 Å². The molecular weight excluding hydrogens is 486 g/mol. The Morgan fingerprint density at radius 3 is 2.76 bits per heavy atom. The van der Waals surface area contributed by atoms with Crippen molar-refractivity contribution in [3.8, 4) is 5.69 Å². The molecule has 0 N–H and O–H groups in total. The Kier molecular flexibility index (Phi) is 5.06. The molecule has 1 atom stereocenters. The molecule has 170 valence electrons. The first-order chi connectivity index (χ1) is 16.1. The number of hydrogen-bond donors (Lipinski definition) is 0.